The van der Waals surface area contributed by atoms with E-state index in [2.05, 4.69) is 21.2 Å². The molecule has 1 saturated heterocycles. The lowest BCUT2D eigenvalue weighted by Crippen LogP contribution is -2.55. The number of carbonyl (C=O) groups excluding carboxylic acids is 1. The van der Waals surface area contributed by atoms with E-state index in [1.165, 1.54) is 0 Å². The van der Waals surface area contributed by atoms with Crippen molar-refractivity contribution in [2.24, 2.45) is 0 Å². The predicted octanol–water partition coefficient (Wildman–Crippen LogP) is 1.14. The monoisotopic (exact) mass is 298 g/mol. The molecule has 2 N–H and O–H groups in total. The van der Waals surface area contributed by atoms with E-state index in [0.29, 0.717) is 13.0 Å². The molecule has 0 radical (unpaired) electrons. The van der Waals surface area contributed by atoms with Crippen LogP contribution in [0.2, 0.25) is 0 Å². The van der Waals surface area contributed by atoms with Crippen molar-refractivity contribution in [3.05, 3.63) is 28.7 Å². The average Bonchev–Trinajstić information content (AvgIpc) is 2.33. The topological polar surface area (TPSA) is 52.6 Å². The summed E-state index contributed by atoms with van der Waals surface area (Å²) in [5, 5.41) is 12.1. The first kappa shape index (κ1) is 12.5. The van der Waals surface area contributed by atoms with Crippen molar-refractivity contribution in [2.45, 2.75) is 12.5 Å². The summed E-state index contributed by atoms with van der Waals surface area (Å²) in [7, 11) is 0. The standard InChI is InChI=1S/C12H15BrN2O2/c13-9-3-1-2-4-11(9)15-7-6-14-10(5-8-16)12(15)17/h1-4,10,14,16H,5-8H2. The van der Waals surface area contributed by atoms with E-state index in [0.717, 1.165) is 16.7 Å². The third kappa shape index (κ3) is 2.68. The minimum atomic E-state index is -0.277. The van der Waals surface area contributed by atoms with E-state index in [1.807, 2.05) is 24.3 Å². The van der Waals surface area contributed by atoms with Crippen LogP contribution in [-0.2, 0) is 4.79 Å². The Bertz CT molecular complexity index is 409. The van der Waals surface area contributed by atoms with E-state index in [4.69, 9.17) is 5.11 Å². The number of para-hydroxylation sites is 1. The van der Waals surface area contributed by atoms with Gasteiger partial charge in [0, 0.05) is 24.2 Å². The summed E-state index contributed by atoms with van der Waals surface area (Å²) in [5.41, 5.74) is 0.891. The Hall–Kier alpha value is -0.910. The summed E-state index contributed by atoms with van der Waals surface area (Å²) in [6, 6.07) is 7.40. The molecule has 5 heteroatoms. The lowest BCUT2D eigenvalue weighted by atomic mass is 10.1. The third-order valence-electron chi connectivity index (χ3n) is 2.85. The van der Waals surface area contributed by atoms with Gasteiger partial charge in [0.25, 0.3) is 0 Å². The van der Waals surface area contributed by atoms with Gasteiger partial charge in [0.2, 0.25) is 5.91 Å². The number of aliphatic hydroxyl groups is 1. The number of rotatable bonds is 3. The molecule has 1 aliphatic rings. The fourth-order valence-electron chi connectivity index (χ4n) is 2.00. The summed E-state index contributed by atoms with van der Waals surface area (Å²) in [5.74, 6) is 0.0252. The smallest absolute Gasteiger partial charge is 0.244 e. The second-order valence-corrected chi connectivity index (χ2v) is 4.81. The molecule has 1 unspecified atom stereocenters. The average molecular weight is 299 g/mol. The summed E-state index contributed by atoms with van der Waals surface area (Å²) in [4.78, 5) is 14.0. The Morgan fingerprint density at radius 1 is 1.47 bits per heavy atom. The van der Waals surface area contributed by atoms with Gasteiger partial charge in [-0.1, -0.05) is 12.1 Å². The Labute approximate surface area is 109 Å². The zero-order valence-corrected chi connectivity index (χ0v) is 11.0. The van der Waals surface area contributed by atoms with E-state index < -0.39 is 0 Å². The molecule has 1 aliphatic heterocycles. The molecule has 0 aromatic heterocycles. The maximum absolute atomic E-state index is 12.2. The number of halogens is 1. The minimum absolute atomic E-state index is 0.0210. The van der Waals surface area contributed by atoms with Gasteiger partial charge in [-0.05, 0) is 34.5 Å². The highest BCUT2D eigenvalue weighted by molar-refractivity contribution is 9.10. The summed E-state index contributed by atoms with van der Waals surface area (Å²) in [6.45, 7) is 1.42. The van der Waals surface area contributed by atoms with Crippen LogP contribution in [0.3, 0.4) is 0 Å². The molecule has 17 heavy (non-hydrogen) atoms. The zero-order valence-electron chi connectivity index (χ0n) is 9.40. The zero-order chi connectivity index (χ0) is 12.3. The van der Waals surface area contributed by atoms with Crippen molar-refractivity contribution < 1.29 is 9.90 Å². The molecule has 92 valence electrons. The molecule has 0 saturated carbocycles. The second-order valence-electron chi connectivity index (χ2n) is 3.96. The van der Waals surface area contributed by atoms with Gasteiger partial charge in [0.05, 0.1) is 11.7 Å². The molecule has 1 amide bonds. The highest BCUT2D eigenvalue weighted by Gasteiger charge is 2.29. The van der Waals surface area contributed by atoms with E-state index in [1.54, 1.807) is 4.90 Å². The number of carbonyl (C=O) groups is 1. The van der Waals surface area contributed by atoms with E-state index >= 15 is 0 Å². The Kier molecular flexibility index (Phi) is 4.15. The Balaban J connectivity index is 2.21. The van der Waals surface area contributed by atoms with Gasteiger partial charge < -0.3 is 15.3 Å². The maximum atomic E-state index is 12.2. The summed E-state index contributed by atoms with van der Waals surface area (Å²) < 4.78 is 0.915. The highest BCUT2D eigenvalue weighted by Crippen LogP contribution is 2.27. The van der Waals surface area contributed by atoms with Gasteiger partial charge in [-0.2, -0.15) is 0 Å². The lowest BCUT2D eigenvalue weighted by molar-refractivity contribution is -0.122. The van der Waals surface area contributed by atoms with Crippen molar-refractivity contribution in [1.29, 1.82) is 0 Å². The number of amides is 1. The number of piperazine rings is 1. The number of nitrogens with one attached hydrogen (secondary N) is 1. The molecule has 1 atom stereocenters. The molecule has 1 aromatic rings. The van der Waals surface area contributed by atoms with Gasteiger partial charge in [-0.15, -0.1) is 0 Å². The summed E-state index contributed by atoms with van der Waals surface area (Å²) in [6.07, 6.45) is 0.458. The van der Waals surface area contributed by atoms with E-state index in [9.17, 15) is 4.79 Å². The van der Waals surface area contributed by atoms with Crippen LogP contribution in [0.1, 0.15) is 6.42 Å². The Morgan fingerprint density at radius 2 is 2.24 bits per heavy atom. The Morgan fingerprint density at radius 3 is 2.94 bits per heavy atom. The molecular formula is C12H15BrN2O2. The fraction of sp³-hybridized carbons (Fsp3) is 0.417. The van der Waals surface area contributed by atoms with Gasteiger partial charge >= 0.3 is 0 Å². The molecule has 1 heterocycles. The number of anilines is 1. The van der Waals surface area contributed by atoms with E-state index in [-0.39, 0.29) is 18.6 Å². The van der Waals surface area contributed by atoms with Crippen molar-refractivity contribution in [2.75, 3.05) is 24.6 Å². The van der Waals surface area contributed by atoms with Crippen LogP contribution in [0.15, 0.2) is 28.7 Å². The molecule has 1 fully saturated rings. The number of hydrogen-bond donors (Lipinski definition) is 2. The SMILES string of the molecule is O=C1C(CCO)NCCN1c1ccccc1Br. The summed E-state index contributed by atoms with van der Waals surface area (Å²) >= 11 is 3.45. The van der Waals surface area contributed by atoms with Gasteiger partial charge in [0.1, 0.15) is 0 Å². The van der Waals surface area contributed by atoms with Crippen LogP contribution in [-0.4, -0.2) is 36.8 Å². The van der Waals surface area contributed by atoms with Gasteiger partial charge in [-0.3, -0.25) is 4.79 Å². The van der Waals surface area contributed by atoms with Crippen molar-refractivity contribution in [3.63, 3.8) is 0 Å². The minimum Gasteiger partial charge on any atom is -0.396 e. The van der Waals surface area contributed by atoms with Crippen molar-refractivity contribution >= 4 is 27.5 Å². The highest BCUT2D eigenvalue weighted by atomic mass is 79.9. The lowest BCUT2D eigenvalue weighted by Gasteiger charge is -2.33. The second kappa shape index (κ2) is 5.62. The molecular weight excluding hydrogens is 284 g/mol. The first-order valence-corrected chi connectivity index (χ1v) is 6.43. The molecule has 2 rings (SSSR count). The van der Waals surface area contributed by atoms with Gasteiger partial charge in [0.15, 0.2) is 0 Å². The fourth-order valence-corrected chi connectivity index (χ4v) is 2.50. The van der Waals surface area contributed by atoms with Crippen LogP contribution in [0.4, 0.5) is 5.69 Å². The van der Waals surface area contributed by atoms with Crippen LogP contribution in [0.5, 0.6) is 0 Å². The quantitative estimate of drug-likeness (QED) is 0.880. The first-order valence-electron chi connectivity index (χ1n) is 5.64. The molecule has 1 aromatic carbocycles. The largest absolute Gasteiger partial charge is 0.396 e. The number of nitrogens with zero attached hydrogens (tertiary/aromatic N) is 1. The maximum Gasteiger partial charge on any atom is 0.244 e. The normalized spacial score (nSPS) is 20.7. The number of benzene rings is 1. The van der Waals surface area contributed by atoms with Crippen LogP contribution in [0, 0.1) is 0 Å². The predicted molar refractivity (Wildman–Crippen MR) is 70.0 cm³/mol. The number of hydrogen-bond acceptors (Lipinski definition) is 3. The molecule has 0 spiro atoms. The van der Waals surface area contributed by atoms with Crippen LogP contribution in [0.25, 0.3) is 0 Å². The number of aliphatic hydroxyl groups excluding tert-OH is 1. The van der Waals surface area contributed by atoms with Crippen LogP contribution < -0.4 is 10.2 Å². The molecule has 4 nitrogen and oxygen atoms in total. The third-order valence-corrected chi connectivity index (χ3v) is 3.52. The molecule has 0 aliphatic carbocycles. The molecule has 0 bridgehead atoms. The van der Waals surface area contributed by atoms with Crippen LogP contribution >= 0.6 is 15.9 Å². The van der Waals surface area contributed by atoms with Crippen molar-refractivity contribution in [1.82, 2.24) is 5.32 Å². The van der Waals surface area contributed by atoms with Crippen molar-refractivity contribution in [3.8, 4) is 0 Å². The van der Waals surface area contributed by atoms with Gasteiger partial charge in [-0.25, -0.2) is 0 Å². The first-order chi connectivity index (χ1) is 8.24.